The molecule has 0 aromatic heterocycles. The van der Waals surface area contributed by atoms with Gasteiger partial charge in [-0.2, -0.15) is 0 Å². The van der Waals surface area contributed by atoms with Gasteiger partial charge in [0, 0.05) is 25.3 Å². The maximum absolute atomic E-state index is 11.4. The van der Waals surface area contributed by atoms with Gasteiger partial charge in [-0.3, -0.25) is 4.79 Å². The number of nitrogens with one attached hydrogen (secondary N) is 2. The molecule has 0 spiro atoms. The minimum atomic E-state index is 0.0804. The van der Waals surface area contributed by atoms with Crippen LogP contribution in [0.25, 0.3) is 0 Å². The number of benzene rings is 1. The zero-order valence-electron chi connectivity index (χ0n) is 11.8. The van der Waals surface area contributed by atoms with E-state index in [1.54, 1.807) is 7.05 Å². The van der Waals surface area contributed by atoms with Gasteiger partial charge in [-0.05, 0) is 37.9 Å². The van der Waals surface area contributed by atoms with E-state index in [0.29, 0.717) is 12.5 Å². The molecule has 104 valence electrons. The Morgan fingerprint density at radius 3 is 2.95 bits per heavy atom. The van der Waals surface area contributed by atoms with Crippen molar-refractivity contribution in [1.82, 2.24) is 10.6 Å². The fourth-order valence-corrected chi connectivity index (χ4v) is 2.62. The second-order valence-electron chi connectivity index (χ2n) is 5.22. The molecule has 2 N–H and O–H groups in total. The second kappa shape index (κ2) is 6.57. The molecule has 1 heterocycles. The number of hydrogen-bond acceptors (Lipinski definition) is 3. The van der Waals surface area contributed by atoms with E-state index >= 15 is 0 Å². The maximum atomic E-state index is 11.4. The fourth-order valence-electron chi connectivity index (χ4n) is 2.62. The molecule has 0 saturated carbocycles. The number of aryl methyl sites for hydroxylation is 1. The summed E-state index contributed by atoms with van der Waals surface area (Å²) in [6, 6.07) is 8.49. The van der Waals surface area contributed by atoms with Crippen LogP contribution in [0.2, 0.25) is 0 Å². The number of carbonyl (C=O) groups is 1. The van der Waals surface area contributed by atoms with Crippen molar-refractivity contribution < 1.29 is 4.79 Å². The first-order valence-corrected chi connectivity index (χ1v) is 6.92. The summed E-state index contributed by atoms with van der Waals surface area (Å²) in [7, 11) is 1.79. The van der Waals surface area contributed by atoms with Gasteiger partial charge in [0.2, 0.25) is 5.91 Å². The molecule has 0 radical (unpaired) electrons. The minimum absolute atomic E-state index is 0.0804. The van der Waals surface area contributed by atoms with E-state index < -0.39 is 0 Å². The highest BCUT2D eigenvalue weighted by Crippen LogP contribution is 2.26. The predicted molar refractivity (Wildman–Crippen MR) is 78.4 cm³/mol. The lowest BCUT2D eigenvalue weighted by molar-refractivity contribution is -0.120. The van der Waals surface area contributed by atoms with Gasteiger partial charge in [0.1, 0.15) is 0 Å². The molecular weight excluding hydrogens is 238 g/mol. The van der Waals surface area contributed by atoms with Gasteiger partial charge >= 0.3 is 0 Å². The van der Waals surface area contributed by atoms with Crippen molar-refractivity contribution in [3.8, 4) is 0 Å². The Kier molecular flexibility index (Phi) is 4.80. The van der Waals surface area contributed by atoms with Crippen molar-refractivity contribution in [1.29, 1.82) is 0 Å². The zero-order valence-corrected chi connectivity index (χ0v) is 11.8. The molecule has 4 nitrogen and oxygen atoms in total. The predicted octanol–water partition coefficient (Wildman–Crippen LogP) is 1.16. The summed E-state index contributed by atoms with van der Waals surface area (Å²) in [5.74, 6) is 0.636. The van der Waals surface area contributed by atoms with Crippen LogP contribution in [-0.2, 0) is 4.79 Å². The Hall–Kier alpha value is -1.55. The molecule has 2 rings (SSSR count). The zero-order chi connectivity index (χ0) is 13.7. The highest BCUT2D eigenvalue weighted by molar-refractivity contribution is 5.77. The topological polar surface area (TPSA) is 44.4 Å². The molecule has 1 aromatic carbocycles. The second-order valence-corrected chi connectivity index (χ2v) is 5.22. The summed E-state index contributed by atoms with van der Waals surface area (Å²) in [5, 5.41) is 5.85. The van der Waals surface area contributed by atoms with E-state index in [0.717, 1.165) is 26.1 Å². The third-order valence-corrected chi connectivity index (χ3v) is 3.67. The van der Waals surface area contributed by atoms with Gasteiger partial charge in [0.25, 0.3) is 0 Å². The minimum Gasteiger partial charge on any atom is -0.371 e. The van der Waals surface area contributed by atoms with E-state index in [4.69, 9.17) is 0 Å². The fraction of sp³-hybridized carbons (Fsp3) is 0.533. The first kappa shape index (κ1) is 13.9. The highest BCUT2D eigenvalue weighted by atomic mass is 16.1. The van der Waals surface area contributed by atoms with Crippen molar-refractivity contribution >= 4 is 11.6 Å². The summed E-state index contributed by atoms with van der Waals surface area (Å²) in [4.78, 5) is 13.8. The molecular formula is C15H23N3O. The van der Waals surface area contributed by atoms with Gasteiger partial charge in [-0.25, -0.2) is 0 Å². The lowest BCUT2D eigenvalue weighted by atomic mass is 10.1. The summed E-state index contributed by atoms with van der Waals surface area (Å²) in [5.41, 5.74) is 2.65. The Morgan fingerprint density at radius 2 is 2.21 bits per heavy atom. The molecule has 1 amide bonds. The van der Waals surface area contributed by atoms with Crippen LogP contribution in [0.5, 0.6) is 0 Å². The number of hydrogen-bond donors (Lipinski definition) is 2. The van der Waals surface area contributed by atoms with E-state index in [9.17, 15) is 4.79 Å². The van der Waals surface area contributed by atoms with Crippen molar-refractivity contribution in [2.45, 2.75) is 13.3 Å². The quantitative estimate of drug-likeness (QED) is 0.836. The van der Waals surface area contributed by atoms with E-state index in [1.807, 2.05) is 0 Å². The number of nitrogens with zero attached hydrogens (tertiary/aromatic N) is 1. The number of para-hydroxylation sites is 1. The first-order chi connectivity index (χ1) is 9.20. The average molecular weight is 261 g/mol. The Morgan fingerprint density at radius 1 is 1.42 bits per heavy atom. The van der Waals surface area contributed by atoms with Gasteiger partial charge in [0.15, 0.2) is 0 Å². The highest BCUT2D eigenvalue weighted by Gasteiger charge is 2.23. The van der Waals surface area contributed by atoms with E-state index in [-0.39, 0.29) is 5.91 Å². The Labute approximate surface area is 115 Å². The smallest absolute Gasteiger partial charge is 0.233 e. The van der Waals surface area contributed by atoms with Crippen LogP contribution in [-0.4, -0.2) is 39.1 Å². The van der Waals surface area contributed by atoms with Gasteiger partial charge in [-0.1, -0.05) is 18.2 Å². The number of carbonyl (C=O) groups excluding carboxylic acids is 1. The van der Waals surface area contributed by atoms with Crippen molar-refractivity contribution in [3.05, 3.63) is 29.8 Å². The Bertz CT molecular complexity index is 433. The molecule has 4 heteroatoms. The van der Waals surface area contributed by atoms with Crippen LogP contribution in [0, 0.1) is 12.8 Å². The lowest BCUT2D eigenvalue weighted by Crippen LogP contribution is -2.36. The van der Waals surface area contributed by atoms with Crippen LogP contribution in [0.1, 0.15) is 12.0 Å². The number of likely N-dealkylation sites (N-methyl/N-ethyl adjacent to an activating group) is 1. The van der Waals surface area contributed by atoms with E-state index in [2.05, 4.69) is 46.7 Å². The SMILES string of the molecule is CNCC(=O)NC[C@@H]1CCN(c2ccccc2C)C1. The molecule has 1 aliphatic rings. The number of anilines is 1. The molecule has 1 saturated heterocycles. The molecule has 0 bridgehead atoms. The summed E-state index contributed by atoms with van der Waals surface area (Å²) in [6.45, 7) is 5.44. The molecule has 1 aromatic rings. The van der Waals surface area contributed by atoms with Crippen LogP contribution in [0.3, 0.4) is 0 Å². The summed E-state index contributed by atoms with van der Waals surface area (Å²) < 4.78 is 0. The van der Waals surface area contributed by atoms with Crippen LogP contribution >= 0.6 is 0 Å². The van der Waals surface area contributed by atoms with Crippen LogP contribution in [0.4, 0.5) is 5.69 Å². The summed E-state index contributed by atoms with van der Waals surface area (Å²) in [6.07, 6.45) is 1.15. The van der Waals surface area contributed by atoms with Crippen LogP contribution in [0.15, 0.2) is 24.3 Å². The number of amides is 1. The van der Waals surface area contributed by atoms with Gasteiger partial charge < -0.3 is 15.5 Å². The molecule has 1 aliphatic heterocycles. The van der Waals surface area contributed by atoms with Crippen molar-refractivity contribution in [3.63, 3.8) is 0 Å². The first-order valence-electron chi connectivity index (χ1n) is 6.92. The van der Waals surface area contributed by atoms with Crippen molar-refractivity contribution in [2.24, 2.45) is 5.92 Å². The van der Waals surface area contributed by atoms with Crippen LogP contribution < -0.4 is 15.5 Å². The third-order valence-electron chi connectivity index (χ3n) is 3.67. The molecule has 19 heavy (non-hydrogen) atoms. The molecule has 0 aliphatic carbocycles. The monoisotopic (exact) mass is 261 g/mol. The molecule has 1 atom stereocenters. The van der Waals surface area contributed by atoms with Gasteiger partial charge in [-0.15, -0.1) is 0 Å². The standard InChI is InChI=1S/C15H23N3O/c1-12-5-3-4-6-14(12)18-8-7-13(11-18)9-17-15(19)10-16-2/h3-6,13,16H,7-11H2,1-2H3,(H,17,19)/t13-/m0/s1. The molecule has 0 unspecified atom stereocenters. The third kappa shape index (κ3) is 3.70. The molecule has 1 fully saturated rings. The average Bonchev–Trinajstić information content (AvgIpc) is 2.86. The van der Waals surface area contributed by atoms with E-state index in [1.165, 1.54) is 11.3 Å². The maximum Gasteiger partial charge on any atom is 0.233 e. The van der Waals surface area contributed by atoms with Gasteiger partial charge in [0.05, 0.1) is 6.54 Å². The lowest BCUT2D eigenvalue weighted by Gasteiger charge is -2.21. The van der Waals surface area contributed by atoms with Crippen molar-refractivity contribution in [2.75, 3.05) is 38.1 Å². The Balaban J connectivity index is 1.83. The summed E-state index contributed by atoms with van der Waals surface area (Å²) >= 11 is 0. The number of rotatable bonds is 5. The largest absolute Gasteiger partial charge is 0.371 e. The normalized spacial score (nSPS) is 18.6.